The lowest BCUT2D eigenvalue weighted by molar-refractivity contribution is -0.185. The van der Waals surface area contributed by atoms with Gasteiger partial charge in [0.1, 0.15) is 17.8 Å². The number of carbonyl (C=O) groups is 4. The second-order valence-electron chi connectivity index (χ2n) is 12.1. The first-order valence-electron chi connectivity index (χ1n) is 12.9. The third-order valence-corrected chi connectivity index (χ3v) is 10.4. The summed E-state index contributed by atoms with van der Waals surface area (Å²) in [6, 6.07) is -1.03. The number of rotatable bonds is 7. The molecule has 210 valence electrons. The van der Waals surface area contributed by atoms with Crippen molar-refractivity contribution in [1.82, 2.24) is 4.90 Å². The van der Waals surface area contributed by atoms with E-state index < -0.39 is 81.4 Å². The lowest BCUT2D eigenvalue weighted by Gasteiger charge is -2.54. The number of ketones is 1. The molecule has 4 aliphatic carbocycles. The number of hydrogen-bond acceptors (Lipinski definition) is 9. The highest BCUT2D eigenvalue weighted by Crippen LogP contribution is 2.60. The summed E-state index contributed by atoms with van der Waals surface area (Å²) in [4.78, 5) is 54.0. The number of Topliss-reactive ketones (excluding diaryl/α,β-unsaturated/α-hetero) is 1. The van der Waals surface area contributed by atoms with Gasteiger partial charge in [0.05, 0.1) is 23.5 Å². The monoisotopic (exact) mass is 561 g/mol. The molecule has 3 aliphatic heterocycles. The van der Waals surface area contributed by atoms with Crippen LogP contribution in [0.25, 0.3) is 0 Å². The fraction of sp³-hybridized carbons (Fsp3) is 0.833. The van der Waals surface area contributed by atoms with E-state index in [0.717, 1.165) is 12.8 Å². The second kappa shape index (κ2) is 8.17. The number of fused-ring (bicyclic) bond motifs is 1. The molecular weight excluding hydrogens is 532 g/mol. The van der Waals surface area contributed by atoms with Crippen molar-refractivity contribution in [2.45, 2.75) is 81.6 Å². The number of likely N-dealkylation sites (tertiary alicyclic amines) is 1. The lowest BCUT2D eigenvalue weighted by Crippen LogP contribution is -2.57. The summed E-state index contributed by atoms with van der Waals surface area (Å²) in [5, 5.41) is -4.74. The van der Waals surface area contributed by atoms with E-state index in [1.54, 1.807) is 13.8 Å². The topological polar surface area (TPSA) is 154 Å². The molecule has 11 nitrogen and oxygen atoms in total. The molecule has 3 saturated heterocycles. The predicted molar refractivity (Wildman–Crippen MR) is 120 cm³/mol. The van der Waals surface area contributed by atoms with Crippen molar-refractivity contribution >= 4 is 33.7 Å². The van der Waals surface area contributed by atoms with Crippen molar-refractivity contribution in [2.24, 2.45) is 35.0 Å². The molecule has 4 saturated carbocycles. The highest BCUT2D eigenvalue weighted by atomic mass is 32.2. The van der Waals surface area contributed by atoms with Gasteiger partial charge in [-0.1, -0.05) is 0 Å². The van der Waals surface area contributed by atoms with Gasteiger partial charge in [0.15, 0.2) is 12.7 Å². The fourth-order valence-electron chi connectivity index (χ4n) is 8.23. The number of ether oxygens (including phenoxy) is 3. The van der Waals surface area contributed by atoms with Gasteiger partial charge in [-0.15, -0.1) is 0 Å². The van der Waals surface area contributed by atoms with Crippen LogP contribution >= 0.6 is 0 Å². The summed E-state index contributed by atoms with van der Waals surface area (Å²) in [7, 11) is -5.84. The molecule has 3 heterocycles. The van der Waals surface area contributed by atoms with Crippen LogP contribution in [0.2, 0.25) is 0 Å². The molecule has 7 rings (SSSR count). The highest BCUT2D eigenvalue weighted by Gasteiger charge is 2.73. The smallest absolute Gasteiger partial charge is 0.402 e. The quantitative estimate of drug-likeness (QED) is 0.351. The van der Waals surface area contributed by atoms with Crippen LogP contribution in [0.15, 0.2) is 0 Å². The van der Waals surface area contributed by atoms with Gasteiger partial charge in [-0.3, -0.25) is 23.7 Å². The maximum Gasteiger partial charge on any atom is 0.402 e. The Bertz CT molecular complexity index is 1200. The van der Waals surface area contributed by atoms with Gasteiger partial charge in [-0.25, -0.2) is 0 Å². The Labute approximate surface area is 217 Å². The average Bonchev–Trinajstić information content (AvgIpc) is 3.42. The maximum atomic E-state index is 13.7. The molecule has 7 aliphatic rings. The minimum atomic E-state index is -5.84. The molecule has 0 aromatic carbocycles. The van der Waals surface area contributed by atoms with Gasteiger partial charge in [0.2, 0.25) is 5.91 Å². The Kier molecular flexibility index (Phi) is 5.60. The van der Waals surface area contributed by atoms with Gasteiger partial charge in [0, 0.05) is 17.9 Å². The molecule has 0 aromatic heterocycles. The SMILES string of the molecule is CC(C)N1C(=O)C2C3OC(C(OC(=O)C45CC6CC(C4)C(=O)C(C6)C5)C31)C2C(=O)OCC(F)(F)S(=O)(=O)O. The molecule has 1 amide bonds. The number of esters is 2. The second-order valence-corrected chi connectivity index (χ2v) is 13.6. The molecule has 7 fully saturated rings. The normalized spacial score (nSPS) is 42.9. The zero-order valence-electron chi connectivity index (χ0n) is 20.7. The number of nitrogens with zero attached hydrogens (tertiary/aromatic N) is 1. The summed E-state index contributed by atoms with van der Waals surface area (Å²) in [5.74, 6) is -4.64. The molecule has 8 unspecified atom stereocenters. The first-order valence-corrected chi connectivity index (χ1v) is 14.3. The number of hydrogen-bond donors (Lipinski definition) is 1. The highest BCUT2D eigenvalue weighted by molar-refractivity contribution is 7.86. The van der Waals surface area contributed by atoms with Crippen LogP contribution in [0.3, 0.4) is 0 Å². The minimum absolute atomic E-state index is 0.179. The van der Waals surface area contributed by atoms with Gasteiger partial charge in [-0.2, -0.15) is 17.2 Å². The summed E-state index contributed by atoms with van der Waals surface area (Å²) >= 11 is 0. The molecule has 38 heavy (non-hydrogen) atoms. The Balaban J connectivity index is 1.26. The Morgan fingerprint density at radius 2 is 1.79 bits per heavy atom. The largest absolute Gasteiger partial charge is 0.458 e. The average molecular weight is 562 g/mol. The predicted octanol–water partition coefficient (Wildman–Crippen LogP) is 0.950. The summed E-state index contributed by atoms with van der Waals surface area (Å²) in [6.45, 7) is 1.56. The van der Waals surface area contributed by atoms with Gasteiger partial charge < -0.3 is 19.1 Å². The van der Waals surface area contributed by atoms with Gasteiger partial charge in [-0.05, 0) is 51.9 Å². The third-order valence-electron chi connectivity index (χ3n) is 9.53. The summed E-state index contributed by atoms with van der Waals surface area (Å²) in [6.07, 6.45) is -0.136. The van der Waals surface area contributed by atoms with Gasteiger partial charge in [0.25, 0.3) is 0 Å². The lowest BCUT2D eigenvalue weighted by atomic mass is 9.49. The number of amides is 1. The first-order chi connectivity index (χ1) is 17.6. The molecular formula is C24H29F2NO10S. The van der Waals surface area contributed by atoms with Crippen molar-refractivity contribution in [2.75, 3.05) is 6.61 Å². The number of carbonyl (C=O) groups excluding carboxylic acids is 4. The van der Waals surface area contributed by atoms with Crippen molar-refractivity contribution < 1.29 is 55.1 Å². The molecule has 0 radical (unpaired) electrons. The van der Waals surface area contributed by atoms with Crippen molar-refractivity contribution in [1.29, 1.82) is 0 Å². The molecule has 8 atom stereocenters. The molecule has 14 heteroatoms. The van der Waals surface area contributed by atoms with Gasteiger partial charge >= 0.3 is 27.3 Å². The van der Waals surface area contributed by atoms with Crippen LogP contribution in [0, 0.1) is 35.0 Å². The van der Waals surface area contributed by atoms with Crippen LogP contribution in [0.4, 0.5) is 8.78 Å². The van der Waals surface area contributed by atoms with Crippen molar-refractivity contribution in [3.63, 3.8) is 0 Å². The maximum absolute atomic E-state index is 13.7. The van der Waals surface area contributed by atoms with E-state index in [0.29, 0.717) is 19.3 Å². The molecule has 0 spiro atoms. The van der Waals surface area contributed by atoms with Crippen LogP contribution in [0.1, 0.15) is 46.0 Å². The van der Waals surface area contributed by atoms with Crippen LogP contribution in [-0.4, -0.2) is 83.8 Å². The standard InChI is InChI=1S/C24H29F2NO10S/c1-9(2)27-15-17-13(20(27)29)14(21(30)35-8-24(25,26)38(32,33)34)18(36-17)19(15)37-22(31)23-5-10-3-11(6-23)16(28)12(4-10)7-23/h9-15,17-19H,3-8H2,1-2H3,(H,32,33,34). The van der Waals surface area contributed by atoms with Crippen molar-refractivity contribution in [3.05, 3.63) is 0 Å². The van der Waals surface area contributed by atoms with E-state index in [9.17, 15) is 36.4 Å². The Hall–Kier alpha value is -2.19. The van der Waals surface area contributed by atoms with E-state index in [2.05, 4.69) is 4.74 Å². The van der Waals surface area contributed by atoms with E-state index in [1.807, 2.05) is 0 Å². The summed E-state index contributed by atoms with van der Waals surface area (Å²) < 4.78 is 74.5. The fourth-order valence-corrected chi connectivity index (χ4v) is 8.44. The van der Waals surface area contributed by atoms with Crippen molar-refractivity contribution in [3.8, 4) is 0 Å². The van der Waals surface area contributed by atoms with Crippen LogP contribution < -0.4 is 0 Å². The first kappa shape index (κ1) is 26.1. The molecule has 6 bridgehead atoms. The Morgan fingerprint density at radius 3 is 2.37 bits per heavy atom. The zero-order valence-corrected chi connectivity index (χ0v) is 21.6. The Morgan fingerprint density at radius 1 is 1.16 bits per heavy atom. The molecule has 0 aromatic rings. The molecule has 1 N–H and O–H groups in total. The van der Waals surface area contributed by atoms with E-state index >= 15 is 0 Å². The van der Waals surface area contributed by atoms with E-state index in [1.165, 1.54) is 4.90 Å². The number of halogens is 2. The van der Waals surface area contributed by atoms with Crippen LogP contribution in [0.5, 0.6) is 0 Å². The van der Waals surface area contributed by atoms with Crippen LogP contribution in [-0.2, 0) is 43.5 Å². The van der Waals surface area contributed by atoms with E-state index in [-0.39, 0.29) is 29.6 Å². The third kappa shape index (κ3) is 3.51. The van der Waals surface area contributed by atoms with E-state index in [4.69, 9.17) is 14.0 Å². The minimum Gasteiger partial charge on any atom is -0.458 e. The number of alkyl halides is 2. The summed E-state index contributed by atoms with van der Waals surface area (Å²) in [5.41, 5.74) is -0.829. The zero-order chi connectivity index (χ0) is 27.5.